The van der Waals surface area contributed by atoms with Crippen LogP contribution in [0.4, 0.5) is 21.5 Å². The van der Waals surface area contributed by atoms with E-state index in [1.54, 1.807) is 61.6 Å². The number of nitrogens with zero attached hydrogens (tertiary/aromatic N) is 1. The summed E-state index contributed by atoms with van der Waals surface area (Å²) < 4.78 is 13.7. The number of fused-ring (bicyclic) bond motifs is 1. The van der Waals surface area contributed by atoms with Gasteiger partial charge in [-0.05, 0) is 53.6 Å². The molecule has 3 N–H and O–H groups in total. The standard InChI is InChI=1S/C26H22FN3O4/c1-15(31)30(2)20-10-8-19(9-11-20)28-25(17-5-3-16(4-6-17)13-23(32)33)24-21-12-7-18(27)14-22(21)29-26(24)34/h3-12,14,28H,13H2,1-2H3,(H,29,34)(H,32,33)/b25-24-. The van der Waals surface area contributed by atoms with Crippen molar-refractivity contribution in [2.24, 2.45) is 0 Å². The molecule has 8 heteroatoms. The maximum atomic E-state index is 13.7. The molecule has 0 atom stereocenters. The Hall–Kier alpha value is -4.46. The van der Waals surface area contributed by atoms with E-state index in [4.69, 9.17) is 5.11 Å². The Morgan fingerprint density at radius 1 is 1.03 bits per heavy atom. The molecule has 3 aromatic carbocycles. The van der Waals surface area contributed by atoms with Crippen molar-refractivity contribution in [3.8, 4) is 0 Å². The number of anilines is 3. The molecule has 2 amide bonds. The van der Waals surface area contributed by atoms with Gasteiger partial charge in [-0.1, -0.05) is 24.3 Å². The number of rotatable bonds is 6. The molecule has 34 heavy (non-hydrogen) atoms. The number of hydrogen-bond acceptors (Lipinski definition) is 4. The van der Waals surface area contributed by atoms with Gasteiger partial charge < -0.3 is 20.6 Å². The van der Waals surface area contributed by atoms with Crippen LogP contribution in [0.2, 0.25) is 0 Å². The molecular weight excluding hydrogens is 437 g/mol. The van der Waals surface area contributed by atoms with Crippen LogP contribution in [0, 0.1) is 5.82 Å². The molecular formula is C26H22FN3O4. The van der Waals surface area contributed by atoms with Gasteiger partial charge in [0.2, 0.25) is 5.91 Å². The number of aliphatic carboxylic acids is 1. The van der Waals surface area contributed by atoms with E-state index in [1.807, 2.05) is 0 Å². The van der Waals surface area contributed by atoms with Crippen molar-refractivity contribution in [3.63, 3.8) is 0 Å². The fourth-order valence-corrected chi connectivity index (χ4v) is 3.73. The maximum Gasteiger partial charge on any atom is 0.307 e. The fraction of sp³-hybridized carbons (Fsp3) is 0.115. The fourth-order valence-electron chi connectivity index (χ4n) is 3.73. The van der Waals surface area contributed by atoms with E-state index in [9.17, 15) is 18.8 Å². The summed E-state index contributed by atoms with van der Waals surface area (Å²) in [5.74, 6) is -1.88. The summed E-state index contributed by atoms with van der Waals surface area (Å²) in [4.78, 5) is 37.1. The molecule has 1 heterocycles. The van der Waals surface area contributed by atoms with Crippen LogP contribution in [-0.2, 0) is 20.8 Å². The molecule has 0 radical (unpaired) electrons. The molecule has 0 fully saturated rings. The van der Waals surface area contributed by atoms with E-state index in [-0.39, 0.29) is 18.2 Å². The minimum Gasteiger partial charge on any atom is -0.481 e. The van der Waals surface area contributed by atoms with Gasteiger partial charge in [0.15, 0.2) is 0 Å². The first kappa shape index (κ1) is 22.7. The van der Waals surface area contributed by atoms with E-state index in [1.165, 1.54) is 24.0 Å². The van der Waals surface area contributed by atoms with Crippen molar-refractivity contribution < 1.29 is 23.9 Å². The molecule has 172 valence electrons. The van der Waals surface area contributed by atoms with Crippen LogP contribution in [0.1, 0.15) is 23.6 Å². The summed E-state index contributed by atoms with van der Waals surface area (Å²) in [6.45, 7) is 1.47. The van der Waals surface area contributed by atoms with E-state index in [0.29, 0.717) is 45.0 Å². The zero-order valence-electron chi connectivity index (χ0n) is 18.6. The molecule has 0 aromatic heterocycles. The van der Waals surface area contributed by atoms with Crippen molar-refractivity contribution in [2.45, 2.75) is 13.3 Å². The van der Waals surface area contributed by atoms with E-state index in [2.05, 4.69) is 10.6 Å². The van der Waals surface area contributed by atoms with Gasteiger partial charge >= 0.3 is 5.97 Å². The molecule has 3 aromatic rings. The molecule has 7 nitrogen and oxygen atoms in total. The van der Waals surface area contributed by atoms with E-state index in [0.717, 1.165) is 0 Å². The average molecular weight is 459 g/mol. The van der Waals surface area contributed by atoms with Crippen molar-refractivity contribution >= 4 is 46.1 Å². The molecule has 0 bridgehead atoms. The Morgan fingerprint density at radius 3 is 2.32 bits per heavy atom. The van der Waals surface area contributed by atoms with Crippen LogP contribution < -0.4 is 15.5 Å². The summed E-state index contributed by atoms with van der Waals surface area (Å²) >= 11 is 0. The SMILES string of the molecule is CC(=O)N(C)c1ccc(N/C(=C2\C(=O)Nc3cc(F)ccc32)c2ccc(CC(=O)O)cc2)cc1. The number of carbonyl (C=O) groups is 3. The zero-order valence-corrected chi connectivity index (χ0v) is 18.6. The molecule has 1 aliphatic rings. The lowest BCUT2D eigenvalue weighted by atomic mass is 9.98. The van der Waals surface area contributed by atoms with Gasteiger partial charge in [0.25, 0.3) is 5.91 Å². The van der Waals surface area contributed by atoms with Gasteiger partial charge in [-0.25, -0.2) is 4.39 Å². The number of halogens is 1. The molecule has 0 unspecified atom stereocenters. The van der Waals surface area contributed by atoms with Gasteiger partial charge in [0, 0.05) is 30.9 Å². The van der Waals surface area contributed by atoms with Gasteiger partial charge in [-0.15, -0.1) is 0 Å². The first-order valence-electron chi connectivity index (χ1n) is 10.5. The number of hydrogen-bond donors (Lipinski definition) is 3. The van der Waals surface area contributed by atoms with Crippen molar-refractivity contribution in [2.75, 3.05) is 22.6 Å². The summed E-state index contributed by atoms with van der Waals surface area (Å²) in [7, 11) is 1.68. The third kappa shape index (κ3) is 4.66. The molecule has 4 rings (SSSR count). The van der Waals surface area contributed by atoms with Crippen LogP contribution in [0.3, 0.4) is 0 Å². The quantitative estimate of drug-likeness (QED) is 0.476. The van der Waals surface area contributed by atoms with Crippen LogP contribution in [0.25, 0.3) is 11.3 Å². The van der Waals surface area contributed by atoms with Crippen LogP contribution >= 0.6 is 0 Å². The molecule has 0 saturated heterocycles. The molecule has 0 aliphatic carbocycles. The highest BCUT2D eigenvalue weighted by Crippen LogP contribution is 2.38. The number of amides is 2. The van der Waals surface area contributed by atoms with Gasteiger partial charge in [-0.3, -0.25) is 14.4 Å². The maximum absolute atomic E-state index is 13.7. The molecule has 0 saturated carbocycles. The second-order valence-corrected chi connectivity index (χ2v) is 7.91. The summed E-state index contributed by atoms with van der Waals surface area (Å²) in [5.41, 5.74) is 4.41. The van der Waals surface area contributed by atoms with Crippen molar-refractivity contribution in [1.82, 2.24) is 0 Å². The van der Waals surface area contributed by atoms with Crippen LogP contribution in [-0.4, -0.2) is 29.9 Å². The summed E-state index contributed by atoms with van der Waals surface area (Å²) in [6, 6.07) is 18.1. The van der Waals surface area contributed by atoms with Gasteiger partial charge in [-0.2, -0.15) is 0 Å². The normalized spacial score (nSPS) is 13.7. The van der Waals surface area contributed by atoms with E-state index >= 15 is 0 Å². The Kier molecular flexibility index (Phi) is 6.14. The Bertz CT molecular complexity index is 1310. The smallest absolute Gasteiger partial charge is 0.307 e. The topological polar surface area (TPSA) is 98.7 Å². The van der Waals surface area contributed by atoms with Gasteiger partial charge in [0.05, 0.1) is 23.4 Å². The minimum absolute atomic E-state index is 0.101. The Morgan fingerprint density at radius 2 is 1.71 bits per heavy atom. The highest BCUT2D eigenvalue weighted by Gasteiger charge is 2.29. The largest absolute Gasteiger partial charge is 0.481 e. The van der Waals surface area contributed by atoms with Crippen molar-refractivity contribution in [3.05, 3.63) is 89.2 Å². The summed E-state index contributed by atoms with van der Waals surface area (Å²) in [6.07, 6.45) is -0.118. The molecule has 1 aliphatic heterocycles. The average Bonchev–Trinajstić information content (AvgIpc) is 3.12. The lowest BCUT2D eigenvalue weighted by Gasteiger charge is -2.18. The van der Waals surface area contributed by atoms with Gasteiger partial charge in [0.1, 0.15) is 5.82 Å². The second-order valence-electron chi connectivity index (χ2n) is 7.91. The minimum atomic E-state index is -0.939. The zero-order chi connectivity index (χ0) is 24.4. The number of carboxylic acids is 1. The summed E-state index contributed by atoms with van der Waals surface area (Å²) in [5, 5.41) is 15.0. The second kappa shape index (κ2) is 9.19. The third-order valence-corrected chi connectivity index (χ3v) is 5.57. The van der Waals surface area contributed by atoms with Crippen molar-refractivity contribution in [1.29, 1.82) is 0 Å². The predicted molar refractivity (Wildman–Crippen MR) is 129 cm³/mol. The Balaban J connectivity index is 1.78. The lowest BCUT2D eigenvalue weighted by molar-refractivity contribution is -0.136. The Labute approximate surface area is 195 Å². The highest BCUT2D eigenvalue weighted by atomic mass is 19.1. The molecule has 0 spiro atoms. The number of benzene rings is 3. The monoisotopic (exact) mass is 459 g/mol. The van der Waals surface area contributed by atoms with Crippen LogP contribution in [0.15, 0.2) is 66.7 Å². The first-order chi connectivity index (χ1) is 16.2. The highest BCUT2D eigenvalue weighted by molar-refractivity contribution is 6.37. The van der Waals surface area contributed by atoms with E-state index < -0.39 is 11.8 Å². The number of carboxylic acid groups (broad SMARTS) is 1. The predicted octanol–water partition coefficient (Wildman–Crippen LogP) is 4.37. The van der Waals surface area contributed by atoms with Crippen LogP contribution in [0.5, 0.6) is 0 Å². The third-order valence-electron chi connectivity index (χ3n) is 5.57. The first-order valence-corrected chi connectivity index (χ1v) is 10.5. The number of carbonyl (C=O) groups excluding carboxylic acids is 2. The number of nitrogens with one attached hydrogen (secondary N) is 2. The lowest BCUT2D eigenvalue weighted by Crippen LogP contribution is -2.22.